The molecule has 0 saturated carbocycles. The third-order valence-electron chi connectivity index (χ3n) is 7.44. The lowest BCUT2D eigenvalue weighted by Gasteiger charge is -2.36. The molecular weight excluding hydrogens is 748 g/mol. The number of hydrogen-bond donors (Lipinski definition) is 3. The van der Waals surface area contributed by atoms with Crippen LogP contribution in [0.5, 0.6) is 5.88 Å². The van der Waals surface area contributed by atoms with E-state index in [4.69, 9.17) is 24.2 Å². The van der Waals surface area contributed by atoms with E-state index in [0.29, 0.717) is 23.7 Å². The zero-order valence-corrected chi connectivity index (χ0v) is 33.3. The number of nitrogens with one attached hydrogen (secondary N) is 2. The van der Waals surface area contributed by atoms with Crippen LogP contribution in [-0.4, -0.2) is 97.7 Å². The van der Waals surface area contributed by atoms with Gasteiger partial charge >= 0.3 is 18.3 Å². The van der Waals surface area contributed by atoms with Gasteiger partial charge in [-0.2, -0.15) is 26.3 Å². The summed E-state index contributed by atoms with van der Waals surface area (Å²) in [6.45, 7) is 25.8. The fraction of sp³-hybridized carbons (Fsp3) is 0.462. The summed E-state index contributed by atoms with van der Waals surface area (Å²) in [6, 6.07) is 5.99. The largest absolute Gasteiger partial charge is 0.490 e. The number of aliphatic carboxylic acids is 1. The van der Waals surface area contributed by atoms with Crippen LogP contribution < -0.4 is 15.4 Å². The molecule has 1 saturated heterocycles. The predicted molar refractivity (Wildman–Crippen MR) is 210 cm³/mol. The van der Waals surface area contributed by atoms with Gasteiger partial charge in [0.15, 0.2) is 0 Å². The van der Waals surface area contributed by atoms with E-state index in [9.17, 15) is 31.1 Å². The number of aromatic nitrogens is 1. The Labute approximate surface area is 325 Å². The molecule has 2 aliphatic heterocycles. The quantitative estimate of drug-likeness (QED) is 0.167. The maximum absolute atomic E-state index is 13.2. The van der Waals surface area contributed by atoms with E-state index in [1.54, 1.807) is 19.4 Å². The number of hydrogen-bond acceptors (Lipinski definition) is 9. The molecule has 1 aromatic carbocycles. The van der Waals surface area contributed by atoms with Gasteiger partial charge in [0.25, 0.3) is 5.91 Å². The van der Waals surface area contributed by atoms with Crippen LogP contribution in [0.1, 0.15) is 65.0 Å². The summed E-state index contributed by atoms with van der Waals surface area (Å²) < 4.78 is 75.4. The number of carbonyl (C=O) groups excluding carboxylic acids is 2. The number of nitrogens with zero attached hydrogens (tertiary/aromatic N) is 3. The van der Waals surface area contributed by atoms with Crippen molar-refractivity contribution in [2.75, 3.05) is 44.4 Å². The van der Waals surface area contributed by atoms with Crippen molar-refractivity contribution >= 4 is 41.8 Å². The standard InChI is InChI=1S/C29H37N5O3.C3H5F3.C2HF3O2.C2H6.C2H4.CH2O/c1-7-23-17-34(15-19(4)37-23)16-22-9-10-25(32-22)28(35)33-26-12-20(11-18(3)24(26)8-2)21-13-27(30-5)29(36-6)31-14-21;1-2-3(4,5)6;3-2(4,5)1(6)7;3*1-2/h8,10-14,19,23,30H,2,7,9,15-17H2,1,3-6H3,(H,33,35);2H2,1H3;(H,6,7);1-2H3;1-2H2;1H2. The number of ether oxygens (including phenoxy) is 2. The Morgan fingerprint density at radius 2 is 1.61 bits per heavy atom. The number of halogens is 6. The number of methoxy groups -OCH3 is 1. The average molecular weight is 804 g/mol. The molecular formula is C39H55F6N5O6. The van der Waals surface area contributed by atoms with E-state index in [-0.39, 0.29) is 18.1 Å². The Bertz CT molecular complexity index is 1600. The highest BCUT2D eigenvalue weighted by molar-refractivity contribution is 6.09. The van der Waals surface area contributed by atoms with Crippen LogP contribution in [0, 0.1) is 6.92 Å². The molecule has 3 heterocycles. The highest BCUT2D eigenvalue weighted by Gasteiger charge is 2.38. The van der Waals surface area contributed by atoms with Crippen molar-refractivity contribution < 1.29 is 55.3 Å². The van der Waals surface area contributed by atoms with Crippen molar-refractivity contribution in [1.82, 2.24) is 9.88 Å². The maximum atomic E-state index is 13.2. The summed E-state index contributed by atoms with van der Waals surface area (Å²) in [7, 11) is 3.42. The summed E-state index contributed by atoms with van der Waals surface area (Å²) in [6.07, 6.45) is -2.21. The van der Waals surface area contributed by atoms with Gasteiger partial charge in [-0.15, -0.1) is 13.2 Å². The summed E-state index contributed by atoms with van der Waals surface area (Å²) in [5, 5.41) is 13.3. The van der Waals surface area contributed by atoms with Crippen LogP contribution in [0.25, 0.3) is 17.2 Å². The van der Waals surface area contributed by atoms with E-state index in [1.165, 1.54) is 0 Å². The smallest absolute Gasteiger partial charge is 0.480 e. The number of pyridine rings is 1. The molecule has 3 N–H and O–H groups in total. The third-order valence-corrected chi connectivity index (χ3v) is 7.44. The molecule has 2 atom stereocenters. The molecule has 11 nitrogen and oxygen atoms in total. The normalized spacial score (nSPS) is 16.0. The molecule has 4 rings (SSSR count). The minimum absolute atomic E-state index is 0.203. The lowest BCUT2D eigenvalue weighted by Crippen LogP contribution is -2.47. The van der Waals surface area contributed by atoms with Crippen molar-refractivity contribution in [1.29, 1.82) is 0 Å². The van der Waals surface area contributed by atoms with E-state index >= 15 is 0 Å². The fourth-order valence-electron chi connectivity index (χ4n) is 4.95. The molecule has 1 aromatic heterocycles. The van der Waals surface area contributed by atoms with Crippen molar-refractivity contribution in [3.63, 3.8) is 0 Å². The first-order valence-electron chi connectivity index (χ1n) is 17.5. The lowest BCUT2D eigenvalue weighted by molar-refractivity contribution is -0.192. The number of carbonyl (C=O) groups is 3. The number of carboxylic acids is 1. The van der Waals surface area contributed by atoms with Crippen LogP contribution in [-0.2, 0) is 19.1 Å². The van der Waals surface area contributed by atoms with Crippen molar-refractivity contribution in [3.8, 4) is 17.0 Å². The number of aryl methyl sites for hydroxylation is 1. The minimum atomic E-state index is -5.08. The monoisotopic (exact) mass is 803 g/mol. The van der Waals surface area contributed by atoms with Crippen LogP contribution in [0.4, 0.5) is 37.7 Å². The summed E-state index contributed by atoms with van der Waals surface area (Å²) in [5.74, 6) is -2.45. The lowest BCUT2D eigenvalue weighted by atomic mass is 9.98. The van der Waals surface area contributed by atoms with Gasteiger partial charge in [-0.1, -0.05) is 46.4 Å². The molecule has 1 amide bonds. The highest BCUT2D eigenvalue weighted by atomic mass is 19.4. The number of alkyl halides is 6. The number of anilines is 2. The number of allylic oxidation sites excluding steroid dienone is 1. The zero-order valence-electron chi connectivity index (χ0n) is 33.3. The van der Waals surface area contributed by atoms with Crippen LogP contribution in [0.3, 0.4) is 0 Å². The Balaban J connectivity index is 0. The van der Waals surface area contributed by atoms with Gasteiger partial charge in [0.1, 0.15) is 12.5 Å². The van der Waals surface area contributed by atoms with Crippen LogP contribution in [0.2, 0.25) is 0 Å². The molecule has 17 heteroatoms. The molecule has 0 aliphatic carbocycles. The molecule has 0 radical (unpaired) electrons. The third kappa shape index (κ3) is 18.5. The number of rotatable bonds is 9. The fourth-order valence-corrected chi connectivity index (χ4v) is 4.95. The first-order chi connectivity index (χ1) is 26.3. The van der Waals surface area contributed by atoms with Crippen molar-refractivity contribution in [2.45, 2.75) is 85.4 Å². The van der Waals surface area contributed by atoms with Crippen LogP contribution >= 0.6 is 0 Å². The first-order valence-corrected chi connectivity index (χ1v) is 17.5. The summed E-state index contributed by atoms with van der Waals surface area (Å²) >= 11 is 0. The Hall–Kier alpha value is -5.03. The van der Waals surface area contributed by atoms with E-state index in [1.807, 2.05) is 52.8 Å². The maximum Gasteiger partial charge on any atom is 0.490 e. The van der Waals surface area contributed by atoms with Gasteiger partial charge < -0.3 is 30.0 Å². The second-order valence-electron chi connectivity index (χ2n) is 11.4. The van der Waals surface area contributed by atoms with Gasteiger partial charge in [0.05, 0.1) is 25.0 Å². The Morgan fingerprint density at radius 3 is 2.07 bits per heavy atom. The van der Waals surface area contributed by atoms with Gasteiger partial charge in [0, 0.05) is 68.2 Å². The van der Waals surface area contributed by atoms with E-state index < -0.39 is 24.7 Å². The number of amides is 1. The SMILES string of the molecule is C=C.C=Cc1c(C)cc(-c2cnc(OC)c(NC)c2)cc1NC(=O)C1=CCC(CN2CC(C)OC(CC)C2)=N1.C=O.CC.CCC(F)(F)F.O=C(O)C(F)(F)F. The summed E-state index contributed by atoms with van der Waals surface area (Å²) in [4.78, 5) is 41.6. The van der Waals surface area contributed by atoms with Gasteiger partial charge in [-0.25, -0.2) is 9.78 Å². The number of aliphatic imine (C=N–C) groups is 1. The van der Waals surface area contributed by atoms with Crippen molar-refractivity contribution in [2.24, 2.45) is 4.99 Å². The van der Waals surface area contributed by atoms with Crippen molar-refractivity contribution in [3.05, 3.63) is 67.0 Å². The van der Waals surface area contributed by atoms with Gasteiger partial charge in [0.2, 0.25) is 5.88 Å². The summed E-state index contributed by atoms with van der Waals surface area (Å²) in [5.41, 5.74) is 6.65. The predicted octanol–water partition coefficient (Wildman–Crippen LogP) is 9.15. The molecule has 2 aromatic rings. The molecule has 0 spiro atoms. The van der Waals surface area contributed by atoms with Gasteiger partial charge in [-0.05, 0) is 49.6 Å². The first kappa shape index (κ1) is 53.1. The molecule has 314 valence electrons. The van der Waals surface area contributed by atoms with Crippen LogP contribution in [0.15, 0.2) is 60.9 Å². The molecule has 0 bridgehead atoms. The molecule has 56 heavy (non-hydrogen) atoms. The zero-order chi connectivity index (χ0) is 43.8. The van der Waals surface area contributed by atoms with E-state index in [2.05, 4.69) is 65.2 Å². The van der Waals surface area contributed by atoms with Gasteiger partial charge in [-0.3, -0.25) is 14.7 Å². The number of morpholine rings is 1. The van der Waals surface area contributed by atoms with E-state index in [0.717, 1.165) is 66.6 Å². The number of carboxylic acid groups (broad SMARTS) is 1. The molecule has 2 unspecified atom stereocenters. The Kier molecular flexibility index (Phi) is 25.3. The molecule has 1 fully saturated rings. The topological polar surface area (TPSA) is 142 Å². The second-order valence-corrected chi connectivity index (χ2v) is 11.4. The second kappa shape index (κ2) is 26.7. The average Bonchev–Trinajstić information content (AvgIpc) is 3.65. The Morgan fingerprint density at radius 1 is 1.05 bits per heavy atom. The minimum Gasteiger partial charge on any atom is -0.480 e. The molecule has 2 aliphatic rings. The number of benzene rings is 1. The highest BCUT2D eigenvalue weighted by Crippen LogP contribution is 2.33.